The number of amidine groups is 1. The zero-order valence-corrected chi connectivity index (χ0v) is 25.2. The molecule has 0 bridgehead atoms. The molecule has 4 N–H and O–H groups in total. The molecular formula is C32H37N5O6S. The number of piperidine rings is 2. The van der Waals surface area contributed by atoms with Crippen LogP contribution in [0.25, 0.3) is 6.08 Å². The van der Waals surface area contributed by atoms with Gasteiger partial charge in [-0.1, -0.05) is 24.3 Å². The number of aliphatic hydroxyl groups excluding tert-OH is 1. The third-order valence-corrected chi connectivity index (χ3v) is 9.48. The molecule has 44 heavy (non-hydrogen) atoms. The number of carbonyl (C=O) groups is 3. The molecule has 2 aromatic rings. The number of nitrogens with one attached hydrogen (secondary N) is 2. The SMILES string of the molecule is O=C1CCN(C2=NC(=O)/C(=C\c3ccc(N4CCC(NCC(O)COC5CC(=O)Nc6c(O)cccc65)CC4)cc3)S2)CC1. The topological polar surface area (TPSA) is 144 Å². The van der Waals surface area contributed by atoms with Crippen LogP contribution in [0, 0.1) is 0 Å². The predicted octanol–water partition coefficient (Wildman–Crippen LogP) is 3.05. The number of Topliss-reactive ketones (excluding diaryl/α,β-unsaturated/α-hetero) is 1. The zero-order valence-electron chi connectivity index (χ0n) is 24.4. The number of hydrogen-bond donors (Lipinski definition) is 4. The molecule has 4 aliphatic heterocycles. The summed E-state index contributed by atoms with van der Waals surface area (Å²) >= 11 is 1.38. The first-order chi connectivity index (χ1) is 21.3. The average Bonchev–Trinajstić information content (AvgIpc) is 3.39. The number of aliphatic hydroxyl groups is 1. The average molecular weight is 620 g/mol. The summed E-state index contributed by atoms with van der Waals surface area (Å²) in [5, 5.41) is 27.4. The Hall–Kier alpha value is -3.71. The minimum Gasteiger partial charge on any atom is -0.506 e. The van der Waals surface area contributed by atoms with Crippen LogP contribution in [-0.4, -0.2) is 89.4 Å². The molecule has 2 aromatic carbocycles. The van der Waals surface area contributed by atoms with Crippen LogP contribution in [0.2, 0.25) is 0 Å². The number of benzene rings is 2. The number of anilines is 2. The Morgan fingerprint density at radius 2 is 1.80 bits per heavy atom. The number of para-hydroxylation sites is 1. The summed E-state index contributed by atoms with van der Waals surface area (Å²) in [6, 6.07) is 13.5. The third kappa shape index (κ3) is 7.15. The lowest BCUT2D eigenvalue weighted by atomic mass is 9.99. The third-order valence-electron chi connectivity index (χ3n) is 8.44. The van der Waals surface area contributed by atoms with Crippen molar-refractivity contribution in [1.82, 2.24) is 10.2 Å². The molecule has 0 saturated carbocycles. The second-order valence-corrected chi connectivity index (χ2v) is 12.6. The number of carbonyl (C=O) groups excluding carboxylic acids is 3. The second kappa shape index (κ2) is 13.5. The Morgan fingerprint density at radius 3 is 2.55 bits per heavy atom. The molecule has 0 aliphatic carbocycles. The van der Waals surface area contributed by atoms with Gasteiger partial charge in [-0.25, -0.2) is 0 Å². The quantitative estimate of drug-likeness (QED) is 0.257. The molecule has 2 amide bonds. The normalized spacial score (nSPS) is 22.7. The number of aromatic hydroxyl groups is 1. The number of fused-ring (bicyclic) bond motifs is 1. The molecule has 6 rings (SSSR count). The van der Waals surface area contributed by atoms with Crippen LogP contribution < -0.4 is 15.5 Å². The van der Waals surface area contributed by atoms with Crippen molar-refractivity contribution in [2.75, 3.05) is 49.5 Å². The van der Waals surface area contributed by atoms with Crippen LogP contribution >= 0.6 is 11.8 Å². The first-order valence-corrected chi connectivity index (χ1v) is 15.9. The number of ketones is 1. The Balaban J connectivity index is 0.930. The summed E-state index contributed by atoms with van der Waals surface area (Å²) in [6.45, 7) is 3.46. The van der Waals surface area contributed by atoms with Gasteiger partial charge in [0.1, 0.15) is 11.5 Å². The van der Waals surface area contributed by atoms with Crippen molar-refractivity contribution >= 4 is 52.0 Å². The number of phenols is 1. The monoisotopic (exact) mass is 619 g/mol. The van der Waals surface area contributed by atoms with Crippen LogP contribution in [0.5, 0.6) is 5.75 Å². The number of thioether (sulfide) groups is 1. The number of nitrogens with zero attached hydrogens (tertiary/aromatic N) is 3. The van der Waals surface area contributed by atoms with E-state index < -0.39 is 12.2 Å². The summed E-state index contributed by atoms with van der Waals surface area (Å²) in [4.78, 5) is 45.2. The van der Waals surface area contributed by atoms with Crippen molar-refractivity contribution in [3.8, 4) is 5.75 Å². The van der Waals surface area contributed by atoms with E-state index in [1.54, 1.807) is 6.07 Å². The van der Waals surface area contributed by atoms with Gasteiger partial charge in [0.05, 0.1) is 35.8 Å². The number of hydrogen-bond acceptors (Lipinski definition) is 10. The number of ether oxygens (including phenoxy) is 1. The van der Waals surface area contributed by atoms with E-state index in [0.29, 0.717) is 53.8 Å². The van der Waals surface area contributed by atoms with Crippen LogP contribution in [0.3, 0.4) is 0 Å². The Kier molecular flexibility index (Phi) is 9.31. The van der Waals surface area contributed by atoms with E-state index in [1.165, 1.54) is 17.8 Å². The Morgan fingerprint density at radius 1 is 1.05 bits per heavy atom. The molecule has 12 heteroatoms. The van der Waals surface area contributed by atoms with Gasteiger partial charge in [0.15, 0.2) is 5.17 Å². The summed E-state index contributed by atoms with van der Waals surface area (Å²) in [7, 11) is 0. The Labute approximate surface area is 260 Å². The lowest BCUT2D eigenvalue weighted by Gasteiger charge is -2.34. The van der Waals surface area contributed by atoms with Crippen molar-refractivity contribution in [3.63, 3.8) is 0 Å². The fourth-order valence-electron chi connectivity index (χ4n) is 5.92. The number of likely N-dealkylation sites (tertiary alicyclic amines) is 1. The molecule has 0 spiro atoms. The van der Waals surface area contributed by atoms with Crippen LogP contribution in [0.15, 0.2) is 52.4 Å². The zero-order chi connectivity index (χ0) is 30.6. The van der Waals surface area contributed by atoms with Crippen molar-refractivity contribution < 1.29 is 29.3 Å². The summed E-state index contributed by atoms with van der Waals surface area (Å²) in [5.41, 5.74) is 3.15. The van der Waals surface area contributed by atoms with Gasteiger partial charge in [-0.05, 0) is 54.4 Å². The summed E-state index contributed by atoms with van der Waals surface area (Å²) in [6.07, 6.45) is 3.65. The van der Waals surface area contributed by atoms with Crippen molar-refractivity contribution in [2.45, 2.75) is 50.4 Å². The maximum absolute atomic E-state index is 12.5. The van der Waals surface area contributed by atoms with E-state index in [0.717, 1.165) is 37.2 Å². The van der Waals surface area contributed by atoms with Gasteiger partial charge >= 0.3 is 0 Å². The number of rotatable bonds is 8. The van der Waals surface area contributed by atoms with Gasteiger partial charge in [-0.15, -0.1) is 0 Å². The van der Waals surface area contributed by atoms with Crippen molar-refractivity contribution in [2.24, 2.45) is 4.99 Å². The number of amides is 2. The summed E-state index contributed by atoms with van der Waals surface area (Å²) in [5.74, 6) is -0.196. The van der Waals surface area contributed by atoms with Gasteiger partial charge in [0.2, 0.25) is 5.91 Å². The van der Waals surface area contributed by atoms with Crippen molar-refractivity contribution in [1.29, 1.82) is 0 Å². The van der Waals surface area contributed by atoms with Gasteiger partial charge in [-0.3, -0.25) is 14.4 Å². The highest BCUT2D eigenvalue weighted by atomic mass is 32.2. The molecular weight excluding hydrogens is 582 g/mol. The highest BCUT2D eigenvalue weighted by molar-refractivity contribution is 8.18. The molecule has 4 heterocycles. The van der Waals surface area contributed by atoms with Gasteiger partial charge in [0, 0.05) is 62.9 Å². The van der Waals surface area contributed by atoms with Crippen LogP contribution in [0.4, 0.5) is 11.4 Å². The fourth-order valence-corrected chi connectivity index (χ4v) is 6.89. The summed E-state index contributed by atoms with van der Waals surface area (Å²) < 4.78 is 5.89. The van der Waals surface area contributed by atoms with Crippen LogP contribution in [-0.2, 0) is 19.1 Å². The lowest BCUT2D eigenvalue weighted by Crippen LogP contribution is -2.45. The first-order valence-electron chi connectivity index (χ1n) is 15.1. The van der Waals surface area contributed by atoms with E-state index in [9.17, 15) is 24.6 Å². The van der Waals surface area contributed by atoms with E-state index in [1.807, 2.05) is 29.2 Å². The second-order valence-electron chi connectivity index (χ2n) is 11.6. The van der Waals surface area contributed by atoms with Gasteiger partial charge in [0.25, 0.3) is 5.91 Å². The highest BCUT2D eigenvalue weighted by Gasteiger charge is 2.30. The fraction of sp³-hybridized carbons (Fsp3) is 0.438. The molecule has 2 saturated heterocycles. The number of aliphatic imine (C=N–C) groups is 1. The standard InChI is InChI=1S/C32H37N5O6S/c38-23-10-14-37(15-11-23)32-35-31(42)28(44-32)16-20-4-6-22(7-5-20)36-12-8-21(9-13-36)33-18-24(39)19-43-27-17-29(41)34-30-25(27)2-1-3-26(30)40/h1-7,16,21,24,27,33,39-40H,8-15,17-19H2,(H,34,41)/b28-16+. The van der Waals surface area contributed by atoms with Crippen molar-refractivity contribution in [3.05, 3.63) is 58.5 Å². The maximum atomic E-state index is 12.5. The van der Waals surface area contributed by atoms with E-state index in [-0.39, 0.29) is 42.4 Å². The van der Waals surface area contributed by atoms with E-state index in [4.69, 9.17) is 4.74 Å². The molecule has 11 nitrogen and oxygen atoms in total. The Bertz CT molecular complexity index is 1460. The molecule has 2 atom stereocenters. The highest BCUT2D eigenvalue weighted by Crippen LogP contribution is 2.38. The number of phenolic OH excluding ortho intramolecular Hbond substituents is 1. The van der Waals surface area contributed by atoms with Gasteiger partial charge < -0.3 is 35.4 Å². The largest absolute Gasteiger partial charge is 0.506 e. The molecule has 232 valence electrons. The lowest BCUT2D eigenvalue weighted by molar-refractivity contribution is -0.121. The predicted molar refractivity (Wildman–Crippen MR) is 170 cm³/mol. The van der Waals surface area contributed by atoms with Gasteiger partial charge in [-0.2, -0.15) is 4.99 Å². The molecule has 4 aliphatic rings. The first kappa shape index (κ1) is 30.3. The minimum absolute atomic E-state index is 0.00334. The molecule has 2 fully saturated rings. The maximum Gasteiger partial charge on any atom is 0.286 e. The smallest absolute Gasteiger partial charge is 0.286 e. The minimum atomic E-state index is -0.726. The molecule has 0 aromatic heterocycles. The molecule has 0 radical (unpaired) electrons. The van der Waals surface area contributed by atoms with Crippen LogP contribution in [0.1, 0.15) is 49.3 Å². The molecule has 2 unspecified atom stereocenters. The van der Waals surface area contributed by atoms with E-state index in [2.05, 4.69) is 32.7 Å². The van der Waals surface area contributed by atoms with E-state index >= 15 is 0 Å².